The van der Waals surface area contributed by atoms with Crippen LogP contribution in [0, 0.1) is 0 Å². The van der Waals surface area contributed by atoms with Gasteiger partial charge in [-0.25, -0.2) is 4.79 Å². The Morgan fingerprint density at radius 2 is 1.10 bits per heavy atom. The number of H-pyrrole nitrogens is 2. The van der Waals surface area contributed by atoms with E-state index in [0.29, 0.717) is 5.56 Å². The molecule has 0 aliphatic rings. The molecule has 4 atom stereocenters. The zero-order chi connectivity index (χ0) is 34.2. The normalized spacial score (nSPS) is 13.7. The standard InChI is InChI=1S/C35H37N7O6/c36-25(15-21-18-38-26-12-6-4-10-23(21)26)32(44)40-28(14-20-8-2-1-3-9-20)33(45)41-29(34(46)42-30(35(47)48)17-31(37)43)16-22-19-39-27-13-7-5-11-24(22)27/h1-13,18-19,25,28-30,38-39H,14-17,36H2,(H2,37,43)(H,40,44)(H,41,45)(H,42,46)(H,47,48). The lowest BCUT2D eigenvalue weighted by Gasteiger charge is -2.25. The molecule has 0 aliphatic heterocycles. The Morgan fingerprint density at radius 1 is 0.625 bits per heavy atom. The molecule has 0 fully saturated rings. The van der Waals surface area contributed by atoms with Crippen molar-refractivity contribution in [3.63, 3.8) is 0 Å². The number of aliphatic carboxylic acids is 1. The molecule has 0 saturated heterocycles. The Labute approximate surface area is 275 Å². The van der Waals surface area contributed by atoms with Crippen LogP contribution in [0.5, 0.6) is 0 Å². The molecule has 48 heavy (non-hydrogen) atoms. The number of carboxylic acids is 1. The van der Waals surface area contributed by atoms with E-state index in [1.165, 1.54) is 0 Å². The fourth-order valence-electron chi connectivity index (χ4n) is 5.64. The number of nitrogens with one attached hydrogen (secondary N) is 5. The highest BCUT2D eigenvalue weighted by atomic mass is 16.4. The SMILES string of the molecule is NC(=O)CC(NC(=O)C(Cc1c[nH]c2ccccc12)NC(=O)C(Cc1ccccc1)NC(=O)C(N)Cc1c[nH]c2ccccc12)C(=O)O. The molecule has 13 nitrogen and oxygen atoms in total. The molecule has 0 saturated carbocycles. The fraction of sp³-hybridized carbons (Fsp3) is 0.229. The number of fused-ring (bicyclic) bond motifs is 2. The highest BCUT2D eigenvalue weighted by molar-refractivity contribution is 5.96. The van der Waals surface area contributed by atoms with Crippen molar-refractivity contribution in [2.24, 2.45) is 11.5 Å². The summed E-state index contributed by atoms with van der Waals surface area (Å²) in [7, 11) is 0. The van der Waals surface area contributed by atoms with Gasteiger partial charge in [0.15, 0.2) is 0 Å². The van der Waals surface area contributed by atoms with Crippen LogP contribution in [0.15, 0.2) is 91.3 Å². The Balaban J connectivity index is 1.38. The molecule has 248 valence electrons. The van der Waals surface area contributed by atoms with E-state index in [2.05, 4.69) is 25.9 Å². The number of carbonyl (C=O) groups is 5. The van der Waals surface area contributed by atoms with E-state index in [1.54, 1.807) is 36.7 Å². The van der Waals surface area contributed by atoms with Crippen molar-refractivity contribution >= 4 is 51.4 Å². The van der Waals surface area contributed by atoms with Gasteiger partial charge < -0.3 is 42.5 Å². The lowest BCUT2D eigenvalue weighted by Crippen LogP contribution is -2.58. The van der Waals surface area contributed by atoms with Crippen molar-refractivity contribution in [2.45, 2.75) is 49.9 Å². The topological polar surface area (TPSA) is 225 Å². The maximum Gasteiger partial charge on any atom is 0.326 e. The van der Waals surface area contributed by atoms with E-state index in [9.17, 15) is 29.1 Å². The van der Waals surface area contributed by atoms with Crippen molar-refractivity contribution in [2.75, 3.05) is 0 Å². The van der Waals surface area contributed by atoms with Gasteiger partial charge in [0.2, 0.25) is 23.6 Å². The van der Waals surface area contributed by atoms with E-state index in [0.717, 1.165) is 32.9 Å². The van der Waals surface area contributed by atoms with Gasteiger partial charge in [-0.3, -0.25) is 19.2 Å². The average molecular weight is 652 g/mol. The second-order valence-electron chi connectivity index (χ2n) is 11.6. The summed E-state index contributed by atoms with van der Waals surface area (Å²) in [5.41, 5.74) is 15.5. The third kappa shape index (κ3) is 8.25. The number of aromatic amines is 2. The molecule has 5 rings (SSSR count). The second-order valence-corrected chi connectivity index (χ2v) is 11.6. The van der Waals surface area contributed by atoms with Gasteiger partial charge in [-0.15, -0.1) is 0 Å². The highest BCUT2D eigenvalue weighted by Gasteiger charge is 2.32. The molecule has 0 bridgehead atoms. The number of rotatable bonds is 15. The molecule has 0 aliphatic carbocycles. The zero-order valence-corrected chi connectivity index (χ0v) is 25.9. The van der Waals surface area contributed by atoms with Gasteiger partial charge >= 0.3 is 5.97 Å². The first-order valence-corrected chi connectivity index (χ1v) is 15.4. The number of carboxylic acid groups (broad SMARTS) is 1. The first-order valence-electron chi connectivity index (χ1n) is 15.4. The monoisotopic (exact) mass is 651 g/mol. The molecule has 2 aromatic heterocycles. The van der Waals surface area contributed by atoms with Crippen LogP contribution < -0.4 is 27.4 Å². The third-order valence-corrected chi connectivity index (χ3v) is 8.12. The summed E-state index contributed by atoms with van der Waals surface area (Å²) >= 11 is 0. The zero-order valence-electron chi connectivity index (χ0n) is 25.9. The maximum absolute atomic E-state index is 14.0. The summed E-state index contributed by atoms with van der Waals surface area (Å²) in [5.74, 6) is -4.48. The van der Waals surface area contributed by atoms with E-state index < -0.39 is 60.2 Å². The molecular weight excluding hydrogens is 614 g/mol. The smallest absolute Gasteiger partial charge is 0.326 e. The number of carbonyl (C=O) groups excluding carboxylic acids is 4. The van der Waals surface area contributed by atoms with Crippen molar-refractivity contribution in [1.29, 1.82) is 0 Å². The van der Waals surface area contributed by atoms with Crippen molar-refractivity contribution in [1.82, 2.24) is 25.9 Å². The molecule has 0 radical (unpaired) electrons. The van der Waals surface area contributed by atoms with Crippen LogP contribution in [0.4, 0.5) is 0 Å². The molecule has 5 aromatic rings. The largest absolute Gasteiger partial charge is 0.480 e. The molecular formula is C35H37N7O6. The Bertz CT molecular complexity index is 1940. The Kier molecular flexibility index (Phi) is 10.5. The molecule has 4 unspecified atom stereocenters. The molecule has 2 heterocycles. The van der Waals surface area contributed by atoms with Crippen LogP contribution in [0.1, 0.15) is 23.1 Å². The summed E-state index contributed by atoms with van der Waals surface area (Å²) in [4.78, 5) is 70.6. The fourth-order valence-corrected chi connectivity index (χ4v) is 5.64. The van der Waals surface area contributed by atoms with E-state index in [4.69, 9.17) is 11.5 Å². The quantitative estimate of drug-likeness (QED) is 0.0830. The first-order chi connectivity index (χ1) is 23.1. The van der Waals surface area contributed by atoms with Crippen LogP contribution in [0.3, 0.4) is 0 Å². The third-order valence-electron chi connectivity index (χ3n) is 8.12. The minimum Gasteiger partial charge on any atom is -0.480 e. The summed E-state index contributed by atoms with van der Waals surface area (Å²) in [6.45, 7) is 0. The van der Waals surface area contributed by atoms with Gasteiger partial charge in [0.05, 0.1) is 12.5 Å². The van der Waals surface area contributed by atoms with Crippen LogP contribution in [-0.4, -0.2) is 68.8 Å². The van der Waals surface area contributed by atoms with Crippen molar-refractivity contribution in [3.05, 3.63) is 108 Å². The average Bonchev–Trinajstić information content (AvgIpc) is 3.67. The van der Waals surface area contributed by atoms with E-state index >= 15 is 0 Å². The molecule has 0 spiro atoms. The maximum atomic E-state index is 14.0. The predicted octanol–water partition coefficient (Wildman–Crippen LogP) is 1.42. The van der Waals surface area contributed by atoms with E-state index in [1.807, 2.05) is 54.6 Å². The number of hydrogen-bond donors (Lipinski definition) is 8. The summed E-state index contributed by atoms with van der Waals surface area (Å²) in [6, 6.07) is 19.0. The van der Waals surface area contributed by atoms with Crippen LogP contribution >= 0.6 is 0 Å². The Hall–Kier alpha value is -5.95. The minimum absolute atomic E-state index is 0.0312. The van der Waals surface area contributed by atoms with Gasteiger partial charge in [-0.2, -0.15) is 0 Å². The minimum atomic E-state index is -1.61. The van der Waals surface area contributed by atoms with Crippen LogP contribution in [0.2, 0.25) is 0 Å². The summed E-state index contributed by atoms with van der Waals surface area (Å²) in [6.07, 6.45) is 3.10. The lowest BCUT2D eigenvalue weighted by atomic mass is 10.0. The number of nitrogens with two attached hydrogens (primary N) is 2. The van der Waals surface area contributed by atoms with Crippen LogP contribution in [0.25, 0.3) is 21.8 Å². The Morgan fingerprint density at radius 3 is 1.67 bits per heavy atom. The highest BCUT2D eigenvalue weighted by Crippen LogP contribution is 2.20. The number of para-hydroxylation sites is 2. The van der Waals surface area contributed by atoms with Crippen LogP contribution in [-0.2, 0) is 43.2 Å². The number of amides is 4. The lowest BCUT2D eigenvalue weighted by molar-refractivity contribution is -0.143. The molecule has 4 amide bonds. The number of benzene rings is 3. The number of hydrogen-bond acceptors (Lipinski definition) is 6. The van der Waals surface area contributed by atoms with Gasteiger partial charge in [0.25, 0.3) is 0 Å². The summed E-state index contributed by atoms with van der Waals surface area (Å²) < 4.78 is 0. The van der Waals surface area contributed by atoms with Gasteiger partial charge in [-0.1, -0.05) is 66.7 Å². The molecule has 13 heteroatoms. The van der Waals surface area contributed by atoms with E-state index in [-0.39, 0.29) is 19.3 Å². The van der Waals surface area contributed by atoms with Gasteiger partial charge in [0, 0.05) is 47.0 Å². The molecule has 10 N–H and O–H groups in total. The number of aromatic nitrogens is 2. The molecule has 3 aromatic carbocycles. The first kappa shape index (κ1) is 33.4. The predicted molar refractivity (Wildman–Crippen MR) is 179 cm³/mol. The number of primary amides is 1. The van der Waals surface area contributed by atoms with Crippen molar-refractivity contribution in [3.8, 4) is 0 Å². The second kappa shape index (κ2) is 15.1. The van der Waals surface area contributed by atoms with Gasteiger partial charge in [-0.05, 0) is 35.2 Å². The van der Waals surface area contributed by atoms with Gasteiger partial charge in [0.1, 0.15) is 18.1 Å². The summed E-state index contributed by atoms with van der Waals surface area (Å²) in [5, 5.41) is 19.1. The van der Waals surface area contributed by atoms with Crippen molar-refractivity contribution < 1.29 is 29.1 Å².